The van der Waals surface area contributed by atoms with Crippen LogP contribution < -0.4 is 10.1 Å². The summed E-state index contributed by atoms with van der Waals surface area (Å²) in [6, 6.07) is 13.5. The van der Waals surface area contributed by atoms with Crippen molar-refractivity contribution < 1.29 is 13.5 Å². The average Bonchev–Trinajstić information content (AvgIpc) is 2.41. The van der Waals surface area contributed by atoms with Gasteiger partial charge < -0.3 is 10.1 Å². The predicted octanol–water partition coefficient (Wildman–Crippen LogP) is 4.67. The van der Waals surface area contributed by atoms with E-state index in [1.165, 1.54) is 6.07 Å². The summed E-state index contributed by atoms with van der Waals surface area (Å²) in [5.41, 5.74) is 1.26. The largest absolute Gasteiger partial charge is 0.433 e. The molecule has 0 saturated carbocycles. The number of para-hydroxylation sites is 2. The molecular formula is C14H9BrF2N2O. The van der Waals surface area contributed by atoms with Gasteiger partial charge in [-0.05, 0) is 40.2 Å². The molecule has 0 amide bonds. The Balaban J connectivity index is 2.36. The van der Waals surface area contributed by atoms with E-state index in [0.29, 0.717) is 21.4 Å². The van der Waals surface area contributed by atoms with E-state index in [1.807, 2.05) is 6.07 Å². The number of hydrogen-bond acceptors (Lipinski definition) is 3. The Labute approximate surface area is 122 Å². The number of benzene rings is 2. The molecule has 0 unspecified atom stereocenters. The molecule has 3 nitrogen and oxygen atoms in total. The summed E-state index contributed by atoms with van der Waals surface area (Å²) in [4.78, 5) is 0. The van der Waals surface area contributed by atoms with Crippen LogP contribution in [-0.2, 0) is 0 Å². The van der Waals surface area contributed by atoms with Gasteiger partial charge in [0.15, 0.2) is 0 Å². The molecule has 0 aliphatic carbocycles. The van der Waals surface area contributed by atoms with E-state index in [9.17, 15) is 8.78 Å². The highest BCUT2D eigenvalue weighted by molar-refractivity contribution is 9.10. The number of anilines is 2. The van der Waals surface area contributed by atoms with Crippen LogP contribution in [0, 0.1) is 11.3 Å². The van der Waals surface area contributed by atoms with Gasteiger partial charge >= 0.3 is 6.61 Å². The van der Waals surface area contributed by atoms with Crippen LogP contribution in [0.1, 0.15) is 5.56 Å². The first-order valence-corrected chi connectivity index (χ1v) is 6.40. The smallest absolute Gasteiger partial charge is 0.387 e. The lowest BCUT2D eigenvalue weighted by molar-refractivity contribution is -0.0493. The molecule has 1 N–H and O–H groups in total. The van der Waals surface area contributed by atoms with Gasteiger partial charge in [0, 0.05) is 4.47 Å². The second-order valence-corrected chi connectivity index (χ2v) is 4.63. The number of hydrogen-bond donors (Lipinski definition) is 1. The Kier molecular flexibility index (Phi) is 4.53. The number of nitrogens with zero attached hydrogens (tertiary/aromatic N) is 1. The Morgan fingerprint density at radius 2 is 1.80 bits per heavy atom. The maximum absolute atomic E-state index is 12.3. The molecule has 6 heteroatoms. The van der Waals surface area contributed by atoms with Crippen molar-refractivity contribution in [2.24, 2.45) is 0 Å². The van der Waals surface area contributed by atoms with Crippen molar-refractivity contribution in [3.63, 3.8) is 0 Å². The summed E-state index contributed by atoms with van der Waals surface area (Å²) in [5.74, 6) is 0.0198. The van der Waals surface area contributed by atoms with E-state index >= 15 is 0 Å². The van der Waals surface area contributed by atoms with Gasteiger partial charge in [-0.25, -0.2) is 0 Å². The van der Waals surface area contributed by atoms with Gasteiger partial charge in [0.25, 0.3) is 0 Å². The molecule has 102 valence electrons. The molecular weight excluding hydrogens is 330 g/mol. The van der Waals surface area contributed by atoms with Crippen molar-refractivity contribution in [1.82, 2.24) is 0 Å². The van der Waals surface area contributed by atoms with Gasteiger partial charge in [0.1, 0.15) is 11.8 Å². The van der Waals surface area contributed by atoms with Crippen LogP contribution in [0.3, 0.4) is 0 Å². The minimum absolute atomic E-state index is 0.0198. The topological polar surface area (TPSA) is 45.0 Å². The van der Waals surface area contributed by atoms with Gasteiger partial charge in [-0.2, -0.15) is 14.0 Å². The number of nitrogens with one attached hydrogen (secondary N) is 1. The first-order valence-electron chi connectivity index (χ1n) is 5.61. The summed E-state index contributed by atoms with van der Waals surface area (Å²) in [7, 11) is 0. The zero-order valence-corrected chi connectivity index (χ0v) is 11.7. The zero-order valence-electron chi connectivity index (χ0n) is 10.1. The van der Waals surface area contributed by atoms with Crippen LogP contribution >= 0.6 is 15.9 Å². The van der Waals surface area contributed by atoms with Crippen molar-refractivity contribution in [2.75, 3.05) is 5.32 Å². The fraction of sp³-hybridized carbons (Fsp3) is 0.0714. The van der Waals surface area contributed by atoms with Crippen LogP contribution in [0.4, 0.5) is 20.2 Å². The Morgan fingerprint density at radius 1 is 1.10 bits per heavy atom. The molecule has 0 saturated heterocycles. The summed E-state index contributed by atoms with van der Waals surface area (Å²) >= 11 is 3.27. The molecule has 2 aromatic rings. The average molecular weight is 339 g/mol. The number of halogens is 3. The van der Waals surface area contributed by atoms with E-state index in [0.717, 1.165) is 0 Å². The van der Waals surface area contributed by atoms with E-state index in [1.54, 1.807) is 36.4 Å². The Morgan fingerprint density at radius 3 is 2.50 bits per heavy atom. The molecule has 0 heterocycles. The number of nitriles is 1. The van der Waals surface area contributed by atoms with Crippen LogP contribution in [0.25, 0.3) is 0 Å². The molecule has 2 rings (SSSR count). The molecule has 0 aliphatic rings. The fourth-order valence-electron chi connectivity index (χ4n) is 1.66. The highest BCUT2D eigenvalue weighted by Crippen LogP contribution is 2.32. The normalized spacial score (nSPS) is 10.2. The van der Waals surface area contributed by atoms with Crippen molar-refractivity contribution in [3.05, 3.63) is 52.5 Å². The SMILES string of the molecule is N#Cc1c(Br)cccc1Nc1ccccc1OC(F)F. The third kappa shape index (κ3) is 3.25. The highest BCUT2D eigenvalue weighted by atomic mass is 79.9. The summed E-state index contributed by atoms with van der Waals surface area (Å²) in [6.45, 7) is -2.91. The van der Waals surface area contributed by atoms with E-state index in [2.05, 4.69) is 26.0 Å². The quantitative estimate of drug-likeness (QED) is 0.881. The zero-order chi connectivity index (χ0) is 14.5. The van der Waals surface area contributed by atoms with Crippen molar-refractivity contribution in [2.45, 2.75) is 6.61 Å². The van der Waals surface area contributed by atoms with Gasteiger partial charge in [-0.1, -0.05) is 18.2 Å². The minimum Gasteiger partial charge on any atom is -0.433 e. The Hall–Kier alpha value is -2.13. The van der Waals surface area contributed by atoms with Crippen molar-refractivity contribution in [1.29, 1.82) is 5.26 Å². The number of rotatable bonds is 4. The first kappa shape index (κ1) is 14.3. The van der Waals surface area contributed by atoms with Crippen molar-refractivity contribution in [3.8, 4) is 11.8 Å². The standard InChI is InChI=1S/C14H9BrF2N2O/c15-10-4-3-6-11(9(10)8-18)19-12-5-1-2-7-13(12)20-14(16)17/h1-7,14,19H. The summed E-state index contributed by atoms with van der Waals surface area (Å²) in [5, 5.41) is 12.0. The second-order valence-electron chi connectivity index (χ2n) is 3.77. The van der Waals surface area contributed by atoms with Crippen LogP contribution in [0.5, 0.6) is 5.75 Å². The minimum atomic E-state index is -2.91. The molecule has 0 spiro atoms. The maximum atomic E-state index is 12.3. The lowest BCUT2D eigenvalue weighted by Crippen LogP contribution is -2.04. The first-order chi connectivity index (χ1) is 9.61. The van der Waals surface area contributed by atoms with E-state index < -0.39 is 6.61 Å². The third-order valence-electron chi connectivity index (χ3n) is 2.50. The van der Waals surface area contributed by atoms with E-state index in [-0.39, 0.29) is 5.75 Å². The summed E-state index contributed by atoms with van der Waals surface area (Å²) < 4.78 is 29.7. The van der Waals surface area contributed by atoms with Crippen LogP contribution in [0.15, 0.2) is 46.9 Å². The monoisotopic (exact) mass is 338 g/mol. The van der Waals surface area contributed by atoms with Crippen LogP contribution in [-0.4, -0.2) is 6.61 Å². The summed E-state index contributed by atoms with van der Waals surface area (Å²) in [6.07, 6.45) is 0. The van der Waals surface area contributed by atoms with Gasteiger partial charge in [-0.3, -0.25) is 0 Å². The fourth-order valence-corrected chi connectivity index (χ4v) is 2.11. The molecule has 0 radical (unpaired) electrons. The molecule has 20 heavy (non-hydrogen) atoms. The highest BCUT2D eigenvalue weighted by Gasteiger charge is 2.11. The number of alkyl halides is 2. The third-order valence-corrected chi connectivity index (χ3v) is 3.16. The molecule has 0 atom stereocenters. The molecule has 0 bridgehead atoms. The lowest BCUT2D eigenvalue weighted by atomic mass is 10.2. The maximum Gasteiger partial charge on any atom is 0.387 e. The molecule has 2 aromatic carbocycles. The molecule has 0 fully saturated rings. The Bertz CT molecular complexity index is 656. The van der Waals surface area contributed by atoms with Crippen molar-refractivity contribution >= 4 is 27.3 Å². The van der Waals surface area contributed by atoms with Gasteiger partial charge in [0.05, 0.1) is 16.9 Å². The van der Waals surface area contributed by atoms with Gasteiger partial charge in [-0.15, -0.1) is 0 Å². The van der Waals surface area contributed by atoms with E-state index in [4.69, 9.17) is 5.26 Å². The number of ether oxygens (including phenoxy) is 1. The van der Waals surface area contributed by atoms with Crippen LogP contribution in [0.2, 0.25) is 0 Å². The predicted molar refractivity (Wildman–Crippen MR) is 75.2 cm³/mol. The second kappa shape index (κ2) is 6.35. The lowest BCUT2D eigenvalue weighted by Gasteiger charge is -2.13. The van der Waals surface area contributed by atoms with Gasteiger partial charge in [0.2, 0.25) is 0 Å². The molecule has 0 aromatic heterocycles. The molecule has 0 aliphatic heterocycles.